The Morgan fingerprint density at radius 3 is 2.96 bits per heavy atom. The van der Waals surface area contributed by atoms with Crippen molar-refractivity contribution in [2.45, 2.75) is 26.3 Å². The molecule has 7 nitrogen and oxygen atoms in total. The molecule has 8 heteroatoms. The SMILES string of the molecule is CCCCn1oc2cc(OC/C(=C/F)CNC(=O)O)ccc2c1=O. The van der Waals surface area contributed by atoms with Crippen molar-refractivity contribution in [1.82, 2.24) is 10.1 Å². The number of rotatable bonds is 8. The van der Waals surface area contributed by atoms with Crippen LogP contribution in [0.2, 0.25) is 0 Å². The summed E-state index contributed by atoms with van der Waals surface area (Å²) in [5.74, 6) is 0.397. The Balaban J connectivity index is 2.07. The molecule has 0 bridgehead atoms. The van der Waals surface area contributed by atoms with Crippen molar-refractivity contribution >= 4 is 17.1 Å². The first-order chi connectivity index (χ1) is 11.5. The molecular weight excluding hydrogens is 319 g/mol. The third kappa shape index (κ3) is 4.37. The Morgan fingerprint density at radius 1 is 1.50 bits per heavy atom. The Bertz CT molecular complexity index is 793. The van der Waals surface area contributed by atoms with Crippen LogP contribution in [0.4, 0.5) is 9.18 Å². The van der Waals surface area contributed by atoms with E-state index >= 15 is 0 Å². The third-order valence-corrected chi connectivity index (χ3v) is 3.38. The van der Waals surface area contributed by atoms with Crippen molar-refractivity contribution < 1.29 is 23.6 Å². The van der Waals surface area contributed by atoms with Gasteiger partial charge < -0.3 is 19.7 Å². The summed E-state index contributed by atoms with van der Waals surface area (Å²) in [5.41, 5.74) is 0.336. The number of carbonyl (C=O) groups is 1. The fraction of sp³-hybridized carbons (Fsp3) is 0.375. The van der Waals surface area contributed by atoms with Crippen molar-refractivity contribution in [2.75, 3.05) is 13.2 Å². The first-order valence-electron chi connectivity index (χ1n) is 7.56. The number of aromatic nitrogens is 1. The summed E-state index contributed by atoms with van der Waals surface area (Å²) in [6, 6.07) is 4.73. The van der Waals surface area contributed by atoms with E-state index in [1.165, 1.54) is 4.74 Å². The lowest BCUT2D eigenvalue weighted by atomic mass is 10.2. The molecule has 1 heterocycles. The fourth-order valence-corrected chi connectivity index (χ4v) is 2.07. The van der Waals surface area contributed by atoms with E-state index in [9.17, 15) is 14.0 Å². The smallest absolute Gasteiger partial charge is 0.404 e. The van der Waals surface area contributed by atoms with Gasteiger partial charge in [0.05, 0.1) is 18.3 Å². The number of hydrogen-bond acceptors (Lipinski definition) is 4. The van der Waals surface area contributed by atoms with Gasteiger partial charge >= 0.3 is 6.09 Å². The monoisotopic (exact) mass is 338 g/mol. The highest BCUT2D eigenvalue weighted by Gasteiger charge is 2.10. The average Bonchev–Trinajstić information content (AvgIpc) is 2.88. The Labute approximate surface area is 137 Å². The molecule has 0 aliphatic heterocycles. The first kappa shape index (κ1) is 17.6. The van der Waals surface area contributed by atoms with Gasteiger partial charge in [0.15, 0.2) is 5.58 Å². The number of fused-ring (bicyclic) bond motifs is 1. The van der Waals surface area contributed by atoms with Gasteiger partial charge in [-0.05, 0) is 18.6 Å². The van der Waals surface area contributed by atoms with Crippen LogP contribution in [0, 0.1) is 0 Å². The fourth-order valence-electron chi connectivity index (χ4n) is 2.07. The number of nitrogens with zero attached hydrogens (tertiary/aromatic N) is 1. The van der Waals surface area contributed by atoms with Crippen LogP contribution in [0.15, 0.2) is 39.4 Å². The summed E-state index contributed by atoms with van der Waals surface area (Å²) in [7, 11) is 0. The molecule has 1 amide bonds. The molecule has 0 saturated heterocycles. The second-order valence-corrected chi connectivity index (χ2v) is 5.22. The number of amides is 1. The zero-order chi connectivity index (χ0) is 17.5. The van der Waals surface area contributed by atoms with Crippen LogP contribution in [0.5, 0.6) is 5.75 Å². The molecule has 0 fully saturated rings. The normalized spacial score (nSPS) is 11.7. The zero-order valence-electron chi connectivity index (χ0n) is 13.3. The zero-order valence-corrected chi connectivity index (χ0v) is 13.3. The highest BCUT2D eigenvalue weighted by atomic mass is 19.1. The van der Waals surface area contributed by atoms with Gasteiger partial charge in [0, 0.05) is 18.2 Å². The molecule has 1 aromatic heterocycles. The van der Waals surface area contributed by atoms with Gasteiger partial charge in [0.25, 0.3) is 5.56 Å². The van der Waals surface area contributed by atoms with Gasteiger partial charge in [-0.15, -0.1) is 0 Å². The minimum atomic E-state index is -1.24. The maximum Gasteiger partial charge on any atom is 0.404 e. The van der Waals surface area contributed by atoms with Crippen LogP contribution < -0.4 is 15.6 Å². The minimum absolute atomic E-state index is 0.122. The Morgan fingerprint density at radius 2 is 2.29 bits per heavy atom. The van der Waals surface area contributed by atoms with Crippen LogP contribution in [0.1, 0.15) is 19.8 Å². The van der Waals surface area contributed by atoms with E-state index in [1.807, 2.05) is 6.92 Å². The topological polar surface area (TPSA) is 93.7 Å². The van der Waals surface area contributed by atoms with E-state index in [0.29, 0.717) is 29.6 Å². The van der Waals surface area contributed by atoms with E-state index in [2.05, 4.69) is 5.32 Å². The van der Waals surface area contributed by atoms with E-state index < -0.39 is 6.09 Å². The maximum atomic E-state index is 12.7. The summed E-state index contributed by atoms with van der Waals surface area (Å²) in [6.45, 7) is 2.24. The molecule has 1 aromatic carbocycles. The van der Waals surface area contributed by atoms with Gasteiger partial charge in [0.1, 0.15) is 12.4 Å². The van der Waals surface area contributed by atoms with E-state index in [4.69, 9.17) is 14.4 Å². The number of nitrogens with one attached hydrogen (secondary N) is 1. The molecule has 0 saturated carbocycles. The molecule has 0 aliphatic rings. The van der Waals surface area contributed by atoms with Crippen molar-refractivity contribution in [2.24, 2.45) is 0 Å². The molecular formula is C16H19FN2O5. The van der Waals surface area contributed by atoms with Crippen molar-refractivity contribution in [3.63, 3.8) is 0 Å². The van der Waals surface area contributed by atoms with Crippen molar-refractivity contribution in [3.8, 4) is 5.75 Å². The molecule has 0 aliphatic carbocycles. The predicted octanol–water partition coefficient (Wildman–Crippen LogP) is 2.89. The number of carboxylic acid groups (broad SMARTS) is 1. The van der Waals surface area contributed by atoms with Crippen LogP contribution in [-0.2, 0) is 6.54 Å². The predicted molar refractivity (Wildman–Crippen MR) is 86.1 cm³/mol. The lowest BCUT2D eigenvalue weighted by Crippen LogP contribution is -2.25. The van der Waals surface area contributed by atoms with Gasteiger partial charge in [-0.3, -0.25) is 4.79 Å². The number of aryl methyl sites for hydroxylation is 1. The van der Waals surface area contributed by atoms with Gasteiger partial charge in [-0.1, -0.05) is 13.3 Å². The molecule has 0 spiro atoms. The number of hydrogen-bond donors (Lipinski definition) is 2. The van der Waals surface area contributed by atoms with Gasteiger partial charge in [-0.2, -0.15) is 4.74 Å². The number of benzene rings is 1. The molecule has 2 rings (SSSR count). The maximum absolute atomic E-state index is 12.7. The van der Waals surface area contributed by atoms with Crippen molar-refractivity contribution in [3.05, 3.63) is 40.5 Å². The molecule has 0 radical (unpaired) electrons. The Hall–Kier alpha value is -2.77. The second-order valence-electron chi connectivity index (χ2n) is 5.22. The molecule has 130 valence electrons. The van der Waals surface area contributed by atoms with Crippen LogP contribution in [0.25, 0.3) is 11.0 Å². The second kappa shape index (κ2) is 8.19. The number of unbranched alkanes of at least 4 members (excludes halogenated alkanes) is 1. The van der Waals surface area contributed by atoms with E-state index in [-0.39, 0.29) is 24.3 Å². The number of ether oxygens (including phenoxy) is 1. The summed E-state index contributed by atoms with van der Waals surface area (Å²) < 4.78 is 24.9. The minimum Gasteiger partial charge on any atom is -0.489 e. The largest absolute Gasteiger partial charge is 0.489 e. The quantitative estimate of drug-likeness (QED) is 0.772. The summed E-state index contributed by atoms with van der Waals surface area (Å²) in [5, 5.41) is 11.0. The van der Waals surface area contributed by atoms with Gasteiger partial charge in [-0.25, -0.2) is 9.18 Å². The molecule has 2 aromatic rings. The third-order valence-electron chi connectivity index (χ3n) is 3.38. The molecule has 24 heavy (non-hydrogen) atoms. The van der Waals surface area contributed by atoms with Gasteiger partial charge in [0.2, 0.25) is 0 Å². The van der Waals surface area contributed by atoms with E-state index in [0.717, 1.165) is 12.8 Å². The number of halogens is 1. The van der Waals surface area contributed by atoms with Crippen LogP contribution >= 0.6 is 0 Å². The summed E-state index contributed by atoms with van der Waals surface area (Å²) in [6.07, 6.45) is 0.840. The standard InChI is InChI=1S/C16H19FN2O5/c1-2-3-6-19-15(20)13-5-4-12(7-14(13)24-19)23-10-11(8-17)9-18-16(21)22/h4-5,7-8,18H,2-3,6,9-10H2,1H3,(H,21,22)/b11-8+. The molecule has 0 unspecified atom stereocenters. The van der Waals surface area contributed by atoms with Crippen LogP contribution in [-0.4, -0.2) is 29.1 Å². The highest BCUT2D eigenvalue weighted by Crippen LogP contribution is 2.20. The molecule has 2 N–H and O–H groups in total. The Kier molecular flexibility index (Phi) is 6.00. The summed E-state index contributed by atoms with van der Waals surface area (Å²) >= 11 is 0. The average molecular weight is 338 g/mol. The molecule has 0 atom stereocenters. The lowest BCUT2D eigenvalue weighted by molar-refractivity contribution is 0.195. The lowest BCUT2D eigenvalue weighted by Gasteiger charge is -2.08. The highest BCUT2D eigenvalue weighted by molar-refractivity contribution is 5.77. The van der Waals surface area contributed by atoms with Crippen LogP contribution in [0.3, 0.4) is 0 Å². The van der Waals surface area contributed by atoms with Crippen molar-refractivity contribution in [1.29, 1.82) is 0 Å². The van der Waals surface area contributed by atoms with E-state index in [1.54, 1.807) is 18.2 Å². The first-order valence-corrected chi connectivity index (χ1v) is 7.56. The summed E-state index contributed by atoms with van der Waals surface area (Å²) in [4.78, 5) is 22.5.